The Kier molecular flexibility index (Phi) is 6.40. The van der Waals surface area contributed by atoms with Gasteiger partial charge in [-0.15, -0.1) is 0 Å². The lowest BCUT2D eigenvalue weighted by Crippen LogP contribution is -2.64. The van der Waals surface area contributed by atoms with Gasteiger partial charge in [-0.1, -0.05) is 30.3 Å². The number of esters is 2. The fraction of sp³-hybridized carbons (Fsp3) is 0.615. The van der Waals surface area contributed by atoms with Crippen molar-refractivity contribution in [3.05, 3.63) is 42.0 Å². The molecule has 2 aliphatic heterocycles. The van der Waals surface area contributed by atoms with E-state index in [1.165, 1.54) is 6.08 Å². The minimum Gasteiger partial charge on any atom is -0.455 e. The highest BCUT2D eigenvalue weighted by molar-refractivity contribution is 5.87. The molecule has 0 N–H and O–H groups in total. The molecule has 1 aromatic carbocycles. The average molecular weight is 475 g/mol. The molecular formula is C26H34O8. The summed E-state index contributed by atoms with van der Waals surface area (Å²) in [5.74, 6) is -2.91. The number of carbonyl (C=O) groups excluding carboxylic acids is 2. The second-order valence-corrected chi connectivity index (χ2v) is 10.9. The molecular weight excluding hydrogens is 440 g/mol. The van der Waals surface area contributed by atoms with Crippen LogP contribution in [0.15, 0.2) is 36.4 Å². The molecule has 2 heterocycles. The Labute approximate surface area is 200 Å². The van der Waals surface area contributed by atoms with Crippen molar-refractivity contribution in [2.75, 3.05) is 0 Å². The maximum Gasteiger partial charge on any atom is 0.331 e. The SMILES string of the molecule is CC1(C)O[C@H]2[C@@H]3OC(C)(C)O[C@@H]3[C@@H](OC(=O)C(C)(C)C)[C@H](OC(=O)/C=C/c3ccccc3)[C@H]2O1. The summed E-state index contributed by atoms with van der Waals surface area (Å²) in [6.07, 6.45) is -1.42. The quantitative estimate of drug-likeness (QED) is 0.483. The summed E-state index contributed by atoms with van der Waals surface area (Å²) in [7, 11) is 0. The zero-order valence-corrected chi connectivity index (χ0v) is 20.8. The number of carbonyl (C=O) groups is 2. The van der Waals surface area contributed by atoms with Crippen LogP contribution in [-0.4, -0.2) is 60.1 Å². The van der Waals surface area contributed by atoms with Crippen LogP contribution in [0.2, 0.25) is 0 Å². The van der Waals surface area contributed by atoms with Gasteiger partial charge >= 0.3 is 11.9 Å². The number of hydrogen-bond acceptors (Lipinski definition) is 8. The minimum atomic E-state index is -0.954. The molecule has 8 nitrogen and oxygen atoms in total. The lowest BCUT2D eigenvalue weighted by Gasteiger charge is -2.42. The Bertz CT molecular complexity index is 945. The third-order valence-electron chi connectivity index (χ3n) is 5.94. The molecule has 34 heavy (non-hydrogen) atoms. The Morgan fingerprint density at radius 2 is 1.26 bits per heavy atom. The molecule has 2 saturated heterocycles. The van der Waals surface area contributed by atoms with Crippen LogP contribution >= 0.6 is 0 Å². The van der Waals surface area contributed by atoms with Gasteiger partial charge < -0.3 is 28.4 Å². The van der Waals surface area contributed by atoms with Crippen LogP contribution in [0.1, 0.15) is 54.0 Å². The lowest BCUT2D eigenvalue weighted by molar-refractivity contribution is -0.212. The molecule has 4 rings (SSSR count). The van der Waals surface area contributed by atoms with Crippen molar-refractivity contribution >= 4 is 18.0 Å². The fourth-order valence-corrected chi connectivity index (χ4v) is 4.50. The lowest BCUT2D eigenvalue weighted by atomic mass is 9.84. The predicted molar refractivity (Wildman–Crippen MR) is 122 cm³/mol. The molecule has 0 unspecified atom stereocenters. The van der Waals surface area contributed by atoms with Gasteiger partial charge in [-0.2, -0.15) is 0 Å². The smallest absolute Gasteiger partial charge is 0.331 e. The number of ether oxygens (including phenoxy) is 6. The van der Waals surface area contributed by atoms with Crippen LogP contribution in [-0.2, 0) is 38.0 Å². The van der Waals surface area contributed by atoms with E-state index in [2.05, 4.69) is 0 Å². The van der Waals surface area contributed by atoms with Crippen LogP contribution in [0, 0.1) is 5.41 Å². The third kappa shape index (κ3) is 5.20. The molecule has 0 aromatic heterocycles. The van der Waals surface area contributed by atoms with E-state index in [4.69, 9.17) is 28.4 Å². The molecule has 0 radical (unpaired) electrons. The van der Waals surface area contributed by atoms with E-state index in [-0.39, 0.29) is 0 Å². The highest BCUT2D eigenvalue weighted by atomic mass is 16.8. The summed E-state index contributed by atoms with van der Waals surface area (Å²) in [4.78, 5) is 25.8. The standard InChI is InChI=1S/C26H34O8/c1-24(2,3)23(28)30-18-17(29-16(27)14-13-15-11-9-8-10-12-15)19-21(33-25(4,5)31-19)22-20(18)32-26(6,7)34-22/h8-14,17-22H,1-7H3/b14-13+/t17-,18-,19+,20+,21+,22+/m0/s1. The number of rotatable bonds is 4. The molecule has 3 fully saturated rings. The molecule has 0 spiro atoms. The summed E-state index contributed by atoms with van der Waals surface area (Å²) in [6.45, 7) is 12.4. The van der Waals surface area contributed by atoms with Crippen molar-refractivity contribution in [2.24, 2.45) is 5.41 Å². The Morgan fingerprint density at radius 3 is 1.76 bits per heavy atom. The van der Waals surface area contributed by atoms with Crippen molar-refractivity contribution in [1.29, 1.82) is 0 Å². The van der Waals surface area contributed by atoms with Gasteiger partial charge in [0.2, 0.25) is 0 Å². The minimum absolute atomic E-state index is 0.443. The normalized spacial score (nSPS) is 33.9. The first-order chi connectivity index (χ1) is 15.8. The Hall–Kier alpha value is -2.26. The first-order valence-corrected chi connectivity index (χ1v) is 11.6. The summed E-state index contributed by atoms with van der Waals surface area (Å²) >= 11 is 0. The van der Waals surface area contributed by atoms with E-state index < -0.39 is 65.6 Å². The monoisotopic (exact) mass is 474 g/mol. The molecule has 1 aliphatic carbocycles. The van der Waals surface area contributed by atoms with Crippen molar-refractivity contribution in [1.82, 2.24) is 0 Å². The van der Waals surface area contributed by atoms with Gasteiger partial charge in [-0.3, -0.25) is 4.79 Å². The van der Waals surface area contributed by atoms with E-state index in [9.17, 15) is 9.59 Å². The number of fused-ring (bicyclic) bond motifs is 3. The van der Waals surface area contributed by atoms with Gasteiger partial charge in [0.15, 0.2) is 23.8 Å². The molecule has 3 aliphatic rings. The molecule has 0 amide bonds. The van der Waals surface area contributed by atoms with Gasteiger partial charge in [0, 0.05) is 6.08 Å². The molecule has 1 saturated carbocycles. The van der Waals surface area contributed by atoms with Crippen molar-refractivity contribution < 1.29 is 38.0 Å². The first-order valence-electron chi connectivity index (χ1n) is 11.6. The average Bonchev–Trinajstić information content (AvgIpc) is 3.23. The van der Waals surface area contributed by atoms with Crippen molar-refractivity contribution in [3.63, 3.8) is 0 Å². The van der Waals surface area contributed by atoms with Crippen LogP contribution in [0.4, 0.5) is 0 Å². The van der Waals surface area contributed by atoms with Gasteiger partial charge in [-0.25, -0.2) is 4.79 Å². The van der Waals surface area contributed by atoms with Crippen molar-refractivity contribution in [2.45, 2.75) is 96.7 Å². The van der Waals surface area contributed by atoms with Gasteiger partial charge in [0.25, 0.3) is 0 Å². The molecule has 1 aromatic rings. The zero-order chi connectivity index (χ0) is 24.9. The van der Waals surface area contributed by atoms with E-state index in [0.717, 1.165) is 5.56 Å². The van der Waals surface area contributed by atoms with Gasteiger partial charge in [-0.05, 0) is 60.1 Å². The third-order valence-corrected chi connectivity index (χ3v) is 5.94. The van der Waals surface area contributed by atoms with Crippen molar-refractivity contribution in [3.8, 4) is 0 Å². The fourth-order valence-electron chi connectivity index (χ4n) is 4.50. The first kappa shape index (κ1) is 24.9. The van der Waals surface area contributed by atoms with E-state index in [1.807, 2.05) is 30.3 Å². The zero-order valence-electron chi connectivity index (χ0n) is 20.8. The Morgan fingerprint density at radius 1 is 0.794 bits per heavy atom. The molecule has 186 valence electrons. The van der Waals surface area contributed by atoms with E-state index in [0.29, 0.717) is 0 Å². The largest absolute Gasteiger partial charge is 0.455 e. The Balaban J connectivity index is 1.65. The number of benzene rings is 1. The van der Waals surface area contributed by atoms with Gasteiger partial charge in [0.1, 0.15) is 24.4 Å². The summed E-state index contributed by atoms with van der Waals surface area (Å²) in [6, 6.07) is 9.41. The second-order valence-electron chi connectivity index (χ2n) is 10.9. The molecule has 8 heteroatoms. The second kappa shape index (κ2) is 8.75. The highest BCUT2D eigenvalue weighted by Crippen LogP contribution is 2.46. The van der Waals surface area contributed by atoms with Crippen LogP contribution in [0.25, 0.3) is 6.08 Å². The summed E-state index contributed by atoms with van der Waals surface area (Å²) in [5.41, 5.74) is 0.0858. The summed E-state index contributed by atoms with van der Waals surface area (Å²) in [5, 5.41) is 0. The van der Waals surface area contributed by atoms with Gasteiger partial charge in [0.05, 0.1) is 5.41 Å². The maximum absolute atomic E-state index is 12.9. The predicted octanol–water partition coefficient (Wildman–Crippen LogP) is 3.62. The van der Waals surface area contributed by atoms with E-state index in [1.54, 1.807) is 54.5 Å². The van der Waals surface area contributed by atoms with Crippen LogP contribution in [0.3, 0.4) is 0 Å². The van der Waals surface area contributed by atoms with E-state index >= 15 is 0 Å². The van der Waals surface area contributed by atoms with Crippen LogP contribution in [0.5, 0.6) is 0 Å². The maximum atomic E-state index is 12.9. The highest BCUT2D eigenvalue weighted by Gasteiger charge is 2.66. The topological polar surface area (TPSA) is 89.5 Å². The number of hydrogen-bond donors (Lipinski definition) is 0. The summed E-state index contributed by atoms with van der Waals surface area (Å²) < 4.78 is 36.4. The molecule has 6 atom stereocenters. The molecule has 0 bridgehead atoms. The van der Waals surface area contributed by atoms with Crippen LogP contribution < -0.4 is 0 Å².